The topological polar surface area (TPSA) is 55.4 Å². The SMILES string of the molecule is COc1ccc(Cl)cc1C(=O)c1cc(C(F)(F)F)ccc1NC(=O)CBr. The summed E-state index contributed by atoms with van der Waals surface area (Å²) in [6.07, 6.45) is -4.65. The van der Waals surface area contributed by atoms with E-state index in [2.05, 4.69) is 21.2 Å². The molecule has 0 bridgehead atoms. The van der Waals surface area contributed by atoms with Gasteiger partial charge in [-0.3, -0.25) is 9.59 Å². The molecule has 2 aromatic rings. The molecule has 0 aliphatic rings. The molecule has 138 valence electrons. The van der Waals surface area contributed by atoms with E-state index in [-0.39, 0.29) is 32.9 Å². The Morgan fingerprint density at radius 1 is 1.15 bits per heavy atom. The molecule has 0 radical (unpaired) electrons. The lowest BCUT2D eigenvalue weighted by molar-refractivity contribution is -0.137. The van der Waals surface area contributed by atoms with Crippen LogP contribution in [0.15, 0.2) is 36.4 Å². The zero-order valence-corrected chi connectivity index (χ0v) is 15.6. The van der Waals surface area contributed by atoms with Crippen molar-refractivity contribution >= 4 is 44.9 Å². The molecule has 0 unspecified atom stereocenters. The van der Waals surface area contributed by atoms with Crippen molar-refractivity contribution in [2.75, 3.05) is 17.8 Å². The Balaban J connectivity index is 2.62. The van der Waals surface area contributed by atoms with Gasteiger partial charge in [0, 0.05) is 10.6 Å². The average Bonchev–Trinajstić information content (AvgIpc) is 2.60. The molecule has 2 rings (SSSR count). The van der Waals surface area contributed by atoms with Gasteiger partial charge >= 0.3 is 6.18 Å². The first-order valence-corrected chi connectivity index (χ1v) is 8.62. The summed E-state index contributed by atoms with van der Waals surface area (Å²) >= 11 is 8.83. The number of alkyl halides is 4. The van der Waals surface area contributed by atoms with Crippen molar-refractivity contribution in [2.45, 2.75) is 6.18 Å². The lowest BCUT2D eigenvalue weighted by Gasteiger charge is -2.15. The van der Waals surface area contributed by atoms with Crippen LogP contribution in [0.3, 0.4) is 0 Å². The molecule has 0 fully saturated rings. The minimum absolute atomic E-state index is 0.0198. The number of carbonyl (C=O) groups excluding carboxylic acids is 2. The Labute approximate surface area is 160 Å². The van der Waals surface area contributed by atoms with Gasteiger partial charge in [0.25, 0.3) is 0 Å². The molecule has 1 amide bonds. The van der Waals surface area contributed by atoms with E-state index >= 15 is 0 Å². The molecule has 0 saturated heterocycles. The van der Waals surface area contributed by atoms with E-state index < -0.39 is 23.4 Å². The number of carbonyl (C=O) groups is 2. The Kier molecular flexibility index (Phi) is 6.30. The summed E-state index contributed by atoms with van der Waals surface area (Å²) < 4.78 is 44.2. The quantitative estimate of drug-likeness (QED) is 0.519. The number of benzene rings is 2. The van der Waals surface area contributed by atoms with Crippen LogP contribution in [0.2, 0.25) is 5.02 Å². The van der Waals surface area contributed by atoms with E-state index in [4.69, 9.17) is 16.3 Å². The minimum atomic E-state index is -4.65. The fourth-order valence-electron chi connectivity index (χ4n) is 2.20. The Morgan fingerprint density at radius 2 is 1.85 bits per heavy atom. The highest BCUT2D eigenvalue weighted by atomic mass is 79.9. The van der Waals surface area contributed by atoms with Crippen LogP contribution in [-0.2, 0) is 11.0 Å². The van der Waals surface area contributed by atoms with Gasteiger partial charge in [0.2, 0.25) is 5.91 Å². The number of nitrogens with one attached hydrogen (secondary N) is 1. The summed E-state index contributed by atoms with van der Waals surface area (Å²) in [4.78, 5) is 24.5. The molecule has 9 heteroatoms. The van der Waals surface area contributed by atoms with Crippen LogP contribution in [0, 0.1) is 0 Å². The molecule has 0 aliphatic heterocycles. The number of hydrogen-bond donors (Lipinski definition) is 1. The number of rotatable bonds is 5. The van der Waals surface area contributed by atoms with Crippen molar-refractivity contribution in [3.8, 4) is 5.75 Å². The van der Waals surface area contributed by atoms with Crippen LogP contribution in [0.25, 0.3) is 0 Å². The molecule has 0 aliphatic carbocycles. The van der Waals surface area contributed by atoms with E-state index in [0.29, 0.717) is 6.07 Å². The normalized spacial score (nSPS) is 11.2. The van der Waals surface area contributed by atoms with Crippen molar-refractivity contribution in [1.29, 1.82) is 0 Å². The van der Waals surface area contributed by atoms with Gasteiger partial charge in [0.05, 0.1) is 29.3 Å². The largest absolute Gasteiger partial charge is 0.496 e. The predicted molar refractivity (Wildman–Crippen MR) is 95.3 cm³/mol. The lowest BCUT2D eigenvalue weighted by Crippen LogP contribution is -2.17. The van der Waals surface area contributed by atoms with Gasteiger partial charge < -0.3 is 10.1 Å². The van der Waals surface area contributed by atoms with Crippen LogP contribution in [-0.4, -0.2) is 24.1 Å². The van der Waals surface area contributed by atoms with Crippen molar-refractivity contribution < 1.29 is 27.5 Å². The third-order valence-corrected chi connectivity index (χ3v) is 4.14. The number of anilines is 1. The van der Waals surface area contributed by atoms with E-state index in [1.165, 1.54) is 25.3 Å². The number of ether oxygens (including phenoxy) is 1. The molecule has 4 nitrogen and oxygen atoms in total. The molecular formula is C17H12BrClF3NO3. The molecule has 0 spiro atoms. The lowest BCUT2D eigenvalue weighted by atomic mass is 9.98. The number of ketones is 1. The number of halogens is 5. The summed E-state index contributed by atoms with van der Waals surface area (Å²) in [6.45, 7) is 0. The second-order valence-corrected chi connectivity index (χ2v) is 6.11. The number of amides is 1. The molecule has 0 aromatic heterocycles. The van der Waals surface area contributed by atoms with Crippen molar-refractivity contribution in [3.05, 3.63) is 58.1 Å². The molecule has 0 atom stereocenters. The average molecular weight is 451 g/mol. The molecular weight excluding hydrogens is 439 g/mol. The summed E-state index contributed by atoms with van der Waals surface area (Å²) in [7, 11) is 1.32. The van der Waals surface area contributed by atoms with Gasteiger partial charge in [0.1, 0.15) is 5.75 Å². The maximum Gasteiger partial charge on any atom is 0.416 e. The third kappa shape index (κ3) is 4.56. The zero-order chi connectivity index (χ0) is 19.5. The maximum absolute atomic E-state index is 13.1. The van der Waals surface area contributed by atoms with Crippen LogP contribution >= 0.6 is 27.5 Å². The summed E-state index contributed by atoms with van der Waals surface area (Å²) in [5.74, 6) is -1.13. The van der Waals surface area contributed by atoms with Crippen LogP contribution in [0.1, 0.15) is 21.5 Å². The Morgan fingerprint density at radius 3 is 2.42 bits per heavy atom. The van der Waals surface area contributed by atoms with Gasteiger partial charge in [0.15, 0.2) is 5.78 Å². The van der Waals surface area contributed by atoms with Crippen molar-refractivity contribution in [1.82, 2.24) is 0 Å². The van der Waals surface area contributed by atoms with Crippen LogP contribution < -0.4 is 10.1 Å². The van der Waals surface area contributed by atoms with Crippen LogP contribution in [0.4, 0.5) is 18.9 Å². The number of hydrogen-bond acceptors (Lipinski definition) is 3. The monoisotopic (exact) mass is 449 g/mol. The van der Waals surface area contributed by atoms with Crippen molar-refractivity contribution in [3.63, 3.8) is 0 Å². The van der Waals surface area contributed by atoms with Gasteiger partial charge in [-0.2, -0.15) is 13.2 Å². The summed E-state index contributed by atoms with van der Waals surface area (Å²) in [5.41, 5.74) is -1.41. The highest BCUT2D eigenvalue weighted by molar-refractivity contribution is 9.09. The van der Waals surface area contributed by atoms with E-state index in [0.717, 1.165) is 12.1 Å². The first-order chi connectivity index (χ1) is 12.2. The molecule has 0 heterocycles. The second kappa shape index (κ2) is 8.09. The molecule has 1 N–H and O–H groups in total. The van der Waals surface area contributed by atoms with Gasteiger partial charge in [-0.1, -0.05) is 27.5 Å². The smallest absolute Gasteiger partial charge is 0.416 e. The van der Waals surface area contributed by atoms with E-state index in [1.54, 1.807) is 0 Å². The fraction of sp³-hybridized carbons (Fsp3) is 0.176. The standard InChI is InChI=1S/C17H12BrClF3NO3/c1-26-14-5-3-10(19)7-12(14)16(25)11-6-9(17(20,21)22)2-4-13(11)23-15(24)8-18/h2-7H,8H2,1H3,(H,23,24). The Hall–Kier alpha value is -2.06. The summed E-state index contributed by atoms with van der Waals surface area (Å²) in [6, 6.07) is 6.71. The zero-order valence-electron chi connectivity index (χ0n) is 13.3. The highest BCUT2D eigenvalue weighted by Crippen LogP contribution is 2.34. The van der Waals surface area contributed by atoms with Gasteiger partial charge in [-0.25, -0.2) is 0 Å². The summed E-state index contributed by atoms with van der Waals surface area (Å²) in [5, 5.41) is 2.53. The predicted octanol–water partition coefficient (Wildman–Crippen LogP) is 4.93. The Bertz CT molecular complexity index is 856. The first-order valence-electron chi connectivity index (χ1n) is 7.12. The maximum atomic E-state index is 13.1. The number of methoxy groups -OCH3 is 1. The molecule has 2 aromatic carbocycles. The highest BCUT2D eigenvalue weighted by Gasteiger charge is 2.32. The van der Waals surface area contributed by atoms with E-state index in [1.807, 2.05) is 0 Å². The fourth-order valence-corrected chi connectivity index (χ4v) is 2.52. The second-order valence-electron chi connectivity index (χ2n) is 5.11. The van der Waals surface area contributed by atoms with Gasteiger partial charge in [-0.05, 0) is 36.4 Å². The van der Waals surface area contributed by atoms with Crippen molar-refractivity contribution in [2.24, 2.45) is 0 Å². The van der Waals surface area contributed by atoms with Crippen LogP contribution in [0.5, 0.6) is 5.75 Å². The van der Waals surface area contributed by atoms with Gasteiger partial charge in [-0.15, -0.1) is 0 Å². The molecule has 0 saturated carbocycles. The minimum Gasteiger partial charge on any atom is -0.496 e. The van der Waals surface area contributed by atoms with E-state index in [9.17, 15) is 22.8 Å². The third-order valence-electron chi connectivity index (χ3n) is 3.39. The molecule has 26 heavy (non-hydrogen) atoms. The first kappa shape index (κ1) is 20.3.